The molecule has 6 heteroatoms. The third-order valence-corrected chi connectivity index (χ3v) is 4.15. The van der Waals surface area contributed by atoms with Crippen molar-refractivity contribution in [2.24, 2.45) is 0 Å². The molecule has 0 saturated carbocycles. The van der Waals surface area contributed by atoms with Crippen LogP contribution >= 0.6 is 0 Å². The van der Waals surface area contributed by atoms with E-state index in [4.69, 9.17) is 0 Å². The lowest BCUT2D eigenvalue weighted by Gasteiger charge is -2.42. The van der Waals surface area contributed by atoms with Crippen LogP contribution in [0.25, 0.3) is 0 Å². The first kappa shape index (κ1) is 15.1. The average Bonchev–Trinajstić information content (AvgIpc) is 2.30. The van der Waals surface area contributed by atoms with Crippen LogP contribution in [-0.2, 0) is 0 Å². The minimum atomic E-state index is -4.07. The van der Waals surface area contributed by atoms with E-state index in [0.717, 1.165) is 32.6 Å². The molecule has 0 bridgehead atoms. The lowest BCUT2D eigenvalue weighted by Crippen LogP contribution is -2.57. The Morgan fingerprint density at radius 2 is 1.68 bits per heavy atom. The highest BCUT2D eigenvalue weighted by Crippen LogP contribution is 2.21. The fourth-order valence-corrected chi connectivity index (χ4v) is 3.11. The zero-order chi connectivity index (χ0) is 13.9. The fraction of sp³-hybridized carbons (Fsp3) is 1.00. The van der Waals surface area contributed by atoms with Gasteiger partial charge < -0.3 is 5.32 Å². The Balaban J connectivity index is 1.74. The first-order valence-electron chi connectivity index (χ1n) is 7.13. The molecule has 2 aliphatic heterocycles. The van der Waals surface area contributed by atoms with Crippen molar-refractivity contribution in [3.05, 3.63) is 0 Å². The van der Waals surface area contributed by atoms with Crippen LogP contribution in [-0.4, -0.2) is 67.3 Å². The molecule has 1 unspecified atom stereocenters. The summed E-state index contributed by atoms with van der Waals surface area (Å²) in [4.78, 5) is 3.80. The SMILES string of the molecule is CC1(CN2CCN(CC(F)(F)F)CC2)CCCCN1. The van der Waals surface area contributed by atoms with Crippen LogP contribution in [0.1, 0.15) is 26.2 Å². The van der Waals surface area contributed by atoms with Crippen LogP contribution in [0.15, 0.2) is 0 Å². The van der Waals surface area contributed by atoms with Crippen molar-refractivity contribution in [3.63, 3.8) is 0 Å². The van der Waals surface area contributed by atoms with Gasteiger partial charge in [0.05, 0.1) is 6.54 Å². The maximum absolute atomic E-state index is 12.3. The van der Waals surface area contributed by atoms with Crippen LogP contribution in [0, 0.1) is 0 Å². The molecule has 2 saturated heterocycles. The van der Waals surface area contributed by atoms with Crippen LogP contribution in [0.3, 0.4) is 0 Å². The van der Waals surface area contributed by atoms with Crippen molar-refractivity contribution in [3.8, 4) is 0 Å². The normalized spacial score (nSPS) is 31.6. The van der Waals surface area contributed by atoms with Gasteiger partial charge in [0.1, 0.15) is 0 Å². The maximum atomic E-state index is 12.3. The summed E-state index contributed by atoms with van der Waals surface area (Å²) in [5.74, 6) is 0. The van der Waals surface area contributed by atoms with Crippen molar-refractivity contribution in [1.29, 1.82) is 0 Å². The van der Waals surface area contributed by atoms with Crippen LogP contribution in [0.2, 0.25) is 0 Å². The molecular formula is C13H24F3N3. The Labute approximate surface area is 113 Å². The average molecular weight is 279 g/mol. The molecule has 2 aliphatic rings. The lowest BCUT2D eigenvalue weighted by atomic mass is 9.90. The van der Waals surface area contributed by atoms with Crippen LogP contribution in [0.4, 0.5) is 13.2 Å². The largest absolute Gasteiger partial charge is 0.401 e. The number of piperazine rings is 1. The van der Waals surface area contributed by atoms with Gasteiger partial charge in [-0.2, -0.15) is 13.2 Å². The Hall–Kier alpha value is -0.330. The molecule has 0 aliphatic carbocycles. The molecule has 2 rings (SSSR count). The van der Waals surface area contributed by atoms with Crippen LogP contribution in [0.5, 0.6) is 0 Å². The van der Waals surface area contributed by atoms with E-state index < -0.39 is 12.7 Å². The molecule has 1 N–H and O–H groups in total. The summed E-state index contributed by atoms with van der Waals surface area (Å²) in [5, 5.41) is 3.56. The van der Waals surface area contributed by atoms with Gasteiger partial charge in [0.25, 0.3) is 0 Å². The summed E-state index contributed by atoms with van der Waals surface area (Å²) in [6, 6.07) is 0. The van der Waals surface area contributed by atoms with E-state index in [2.05, 4.69) is 17.1 Å². The van der Waals surface area contributed by atoms with Gasteiger partial charge in [-0.15, -0.1) is 0 Å². The summed E-state index contributed by atoms with van der Waals surface area (Å²) in [6.45, 7) is 6.01. The summed E-state index contributed by atoms with van der Waals surface area (Å²) in [5.41, 5.74) is 0.143. The van der Waals surface area contributed by atoms with Gasteiger partial charge in [-0.05, 0) is 26.3 Å². The second-order valence-corrected chi connectivity index (χ2v) is 6.11. The number of piperidine rings is 1. The molecule has 0 radical (unpaired) electrons. The van der Waals surface area contributed by atoms with E-state index in [1.807, 2.05) is 0 Å². The molecule has 0 amide bonds. The van der Waals surface area contributed by atoms with Crippen molar-refractivity contribution in [2.45, 2.75) is 37.9 Å². The number of halogens is 3. The number of nitrogens with one attached hydrogen (secondary N) is 1. The predicted molar refractivity (Wildman–Crippen MR) is 69.2 cm³/mol. The third-order valence-electron chi connectivity index (χ3n) is 4.15. The minimum Gasteiger partial charge on any atom is -0.310 e. The molecule has 0 spiro atoms. The fourth-order valence-electron chi connectivity index (χ4n) is 3.11. The second kappa shape index (κ2) is 5.97. The molecule has 3 nitrogen and oxygen atoms in total. The van der Waals surface area contributed by atoms with Crippen molar-refractivity contribution < 1.29 is 13.2 Å². The van der Waals surface area contributed by atoms with E-state index in [1.165, 1.54) is 17.7 Å². The molecule has 0 aromatic carbocycles. The van der Waals surface area contributed by atoms with Gasteiger partial charge in [0, 0.05) is 38.3 Å². The van der Waals surface area contributed by atoms with Gasteiger partial charge >= 0.3 is 6.18 Å². The second-order valence-electron chi connectivity index (χ2n) is 6.11. The first-order valence-corrected chi connectivity index (χ1v) is 7.13. The summed E-state index contributed by atoms with van der Waals surface area (Å²) in [7, 11) is 0. The highest BCUT2D eigenvalue weighted by Gasteiger charge is 2.34. The molecule has 2 fully saturated rings. The minimum absolute atomic E-state index is 0.143. The van der Waals surface area contributed by atoms with E-state index in [0.29, 0.717) is 13.1 Å². The maximum Gasteiger partial charge on any atom is 0.401 e. The van der Waals surface area contributed by atoms with E-state index in [-0.39, 0.29) is 5.54 Å². The third kappa shape index (κ3) is 4.93. The summed E-state index contributed by atoms with van der Waals surface area (Å²) < 4.78 is 36.9. The van der Waals surface area contributed by atoms with E-state index in [1.54, 1.807) is 0 Å². The molecule has 2 heterocycles. The Kier molecular flexibility index (Phi) is 4.74. The van der Waals surface area contributed by atoms with Gasteiger partial charge in [0.15, 0.2) is 0 Å². The smallest absolute Gasteiger partial charge is 0.310 e. The number of nitrogens with zero attached hydrogens (tertiary/aromatic N) is 2. The number of hydrogen-bond acceptors (Lipinski definition) is 3. The predicted octanol–water partition coefficient (Wildman–Crippen LogP) is 1.70. The summed E-state index contributed by atoms with van der Waals surface area (Å²) in [6.07, 6.45) is -0.429. The molecule has 19 heavy (non-hydrogen) atoms. The molecule has 112 valence electrons. The molecule has 0 aromatic heterocycles. The molecule has 1 atom stereocenters. The standard InChI is InChI=1S/C13H24F3N3/c1-12(4-2-3-5-17-12)10-18-6-8-19(9-7-18)11-13(14,15)16/h17H,2-11H2,1H3. The number of hydrogen-bond donors (Lipinski definition) is 1. The van der Waals surface area contributed by atoms with Crippen LogP contribution < -0.4 is 5.32 Å². The molecule has 0 aromatic rings. The van der Waals surface area contributed by atoms with E-state index >= 15 is 0 Å². The Bertz CT molecular complexity index is 279. The number of rotatable bonds is 3. The first-order chi connectivity index (χ1) is 8.86. The van der Waals surface area contributed by atoms with E-state index in [9.17, 15) is 13.2 Å². The highest BCUT2D eigenvalue weighted by atomic mass is 19.4. The Morgan fingerprint density at radius 1 is 1.05 bits per heavy atom. The van der Waals surface area contributed by atoms with Crippen molar-refractivity contribution >= 4 is 0 Å². The number of alkyl halides is 3. The topological polar surface area (TPSA) is 18.5 Å². The zero-order valence-electron chi connectivity index (χ0n) is 11.6. The van der Waals surface area contributed by atoms with Gasteiger partial charge in [-0.25, -0.2) is 0 Å². The molecular weight excluding hydrogens is 255 g/mol. The van der Waals surface area contributed by atoms with Gasteiger partial charge in [-0.3, -0.25) is 9.80 Å². The van der Waals surface area contributed by atoms with Crippen molar-refractivity contribution in [1.82, 2.24) is 15.1 Å². The highest BCUT2D eigenvalue weighted by molar-refractivity contribution is 4.90. The quantitative estimate of drug-likeness (QED) is 0.848. The van der Waals surface area contributed by atoms with Crippen molar-refractivity contribution in [2.75, 3.05) is 45.8 Å². The monoisotopic (exact) mass is 279 g/mol. The van der Waals surface area contributed by atoms with Gasteiger partial charge in [-0.1, -0.05) is 6.42 Å². The lowest BCUT2D eigenvalue weighted by molar-refractivity contribution is -0.149. The zero-order valence-corrected chi connectivity index (χ0v) is 11.6. The Morgan fingerprint density at radius 3 is 2.21 bits per heavy atom. The van der Waals surface area contributed by atoms with Gasteiger partial charge in [0.2, 0.25) is 0 Å². The summed E-state index contributed by atoms with van der Waals surface area (Å²) >= 11 is 0.